The fraction of sp³-hybridized carbons (Fsp3) is 0.261. The number of sulfone groups is 1. The summed E-state index contributed by atoms with van der Waals surface area (Å²) >= 11 is 0. The Kier molecular flexibility index (Phi) is 6.22. The van der Waals surface area contributed by atoms with Gasteiger partial charge in [0.1, 0.15) is 11.6 Å². The van der Waals surface area contributed by atoms with E-state index >= 15 is 0 Å². The molecule has 1 heterocycles. The van der Waals surface area contributed by atoms with Crippen molar-refractivity contribution in [2.45, 2.75) is 32.6 Å². The van der Waals surface area contributed by atoms with Crippen LogP contribution in [0.1, 0.15) is 29.2 Å². The minimum absolute atomic E-state index is 0.0975. The number of halogens is 2. The second-order valence-electron chi connectivity index (χ2n) is 7.48. The molecule has 0 fully saturated rings. The SMILES string of the molecule is CCn1cc(-c2cc(CS(C)(=O)=O)ccc2Cc2ccc(F)cc2F)cc(C)c1=O. The van der Waals surface area contributed by atoms with Crippen molar-refractivity contribution in [3.63, 3.8) is 0 Å². The van der Waals surface area contributed by atoms with Crippen LogP contribution < -0.4 is 5.56 Å². The van der Waals surface area contributed by atoms with Crippen LogP contribution in [0.25, 0.3) is 11.1 Å². The highest BCUT2D eigenvalue weighted by molar-refractivity contribution is 7.89. The van der Waals surface area contributed by atoms with E-state index in [1.807, 2.05) is 6.92 Å². The van der Waals surface area contributed by atoms with Gasteiger partial charge in [-0.15, -0.1) is 0 Å². The van der Waals surface area contributed by atoms with Gasteiger partial charge < -0.3 is 4.57 Å². The Morgan fingerprint density at radius 3 is 2.33 bits per heavy atom. The molecule has 0 saturated carbocycles. The summed E-state index contributed by atoms with van der Waals surface area (Å²) in [7, 11) is -3.24. The van der Waals surface area contributed by atoms with Crippen LogP contribution in [0.3, 0.4) is 0 Å². The van der Waals surface area contributed by atoms with Crippen molar-refractivity contribution in [1.82, 2.24) is 4.57 Å². The van der Waals surface area contributed by atoms with Crippen molar-refractivity contribution in [1.29, 1.82) is 0 Å². The third-order valence-corrected chi connectivity index (χ3v) is 5.77. The molecule has 0 N–H and O–H groups in total. The van der Waals surface area contributed by atoms with Crippen LogP contribution in [0, 0.1) is 18.6 Å². The number of nitrogens with zero attached hydrogens (tertiary/aromatic N) is 1. The average Bonchev–Trinajstić information content (AvgIpc) is 2.66. The van der Waals surface area contributed by atoms with Crippen molar-refractivity contribution < 1.29 is 17.2 Å². The lowest BCUT2D eigenvalue weighted by molar-refractivity contribution is 0.574. The van der Waals surface area contributed by atoms with Crippen LogP contribution in [0.15, 0.2) is 53.5 Å². The Bertz CT molecular complexity index is 1260. The van der Waals surface area contributed by atoms with Gasteiger partial charge in [0.15, 0.2) is 9.84 Å². The maximum atomic E-state index is 14.2. The average molecular weight is 432 g/mol. The lowest BCUT2D eigenvalue weighted by Crippen LogP contribution is -2.21. The second kappa shape index (κ2) is 8.52. The molecular formula is C23H23F2NO3S. The largest absolute Gasteiger partial charge is 0.315 e. The number of aromatic nitrogens is 1. The van der Waals surface area contributed by atoms with Gasteiger partial charge in [-0.1, -0.05) is 18.2 Å². The molecule has 158 valence electrons. The van der Waals surface area contributed by atoms with E-state index in [9.17, 15) is 22.0 Å². The molecule has 7 heteroatoms. The summed E-state index contributed by atoms with van der Waals surface area (Å²) in [6, 6.07) is 10.4. The van der Waals surface area contributed by atoms with Gasteiger partial charge in [0.25, 0.3) is 5.56 Å². The maximum Gasteiger partial charge on any atom is 0.253 e. The zero-order valence-corrected chi connectivity index (χ0v) is 17.9. The summed E-state index contributed by atoms with van der Waals surface area (Å²) in [5.74, 6) is -1.42. The smallest absolute Gasteiger partial charge is 0.253 e. The monoisotopic (exact) mass is 431 g/mol. The Labute approximate surface area is 174 Å². The fourth-order valence-electron chi connectivity index (χ4n) is 3.48. The predicted octanol–water partition coefficient (Wildman–Crippen LogP) is 4.26. The topological polar surface area (TPSA) is 56.1 Å². The third-order valence-electron chi connectivity index (χ3n) is 4.92. The van der Waals surface area contributed by atoms with E-state index in [2.05, 4.69) is 0 Å². The molecule has 4 nitrogen and oxygen atoms in total. The highest BCUT2D eigenvalue weighted by Gasteiger charge is 2.14. The molecule has 0 radical (unpaired) electrons. The zero-order valence-electron chi connectivity index (χ0n) is 17.1. The van der Waals surface area contributed by atoms with E-state index in [4.69, 9.17) is 0 Å². The van der Waals surface area contributed by atoms with Crippen LogP contribution in [0.4, 0.5) is 8.78 Å². The molecule has 0 amide bonds. The highest BCUT2D eigenvalue weighted by atomic mass is 32.2. The Balaban J connectivity index is 2.17. The minimum atomic E-state index is -3.24. The number of hydrogen-bond donors (Lipinski definition) is 0. The van der Waals surface area contributed by atoms with E-state index in [-0.39, 0.29) is 17.7 Å². The zero-order chi connectivity index (χ0) is 22.1. The molecule has 0 aliphatic carbocycles. The van der Waals surface area contributed by atoms with Crippen LogP contribution in [0.5, 0.6) is 0 Å². The van der Waals surface area contributed by atoms with Crippen LogP contribution in [0.2, 0.25) is 0 Å². The number of aryl methyl sites for hydroxylation is 2. The number of rotatable bonds is 6. The van der Waals surface area contributed by atoms with Gasteiger partial charge in [-0.25, -0.2) is 17.2 Å². The van der Waals surface area contributed by atoms with E-state index < -0.39 is 21.5 Å². The summed E-state index contributed by atoms with van der Waals surface area (Å²) < 4.78 is 52.6. The van der Waals surface area contributed by atoms with Crippen molar-refractivity contribution in [3.8, 4) is 11.1 Å². The number of benzene rings is 2. The van der Waals surface area contributed by atoms with E-state index in [0.717, 1.165) is 23.4 Å². The van der Waals surface area contributed by atoms with Gasteiger partial charge in [-0.2, -0.15) is 0 Å². The van der Waals surface area contributed by atoms with Gasteiger partial charge in [-0.05, 0) is 59.9 Å². The van der Waals surface area contributed by atoms with Crippen molar-refractivity contribution in [3.05, 3.63) is 92.9 Å². The van der Waals surface area contributed by atoms with Crippen molar-refractivity contribution >= 4 is 9.84 Å². The van der Waals surface area contributed by atoms with Gasteiger partial charge in [0.05, 0.1) is 5.75 Å². The molecule has 0 bridgehead atoms. The Morgan fingerprint density at radius 1 is 1.00 bits per heavy atom. The highest BCUT2D eigenvalue weighted by Crippen LogP contribution is 2.29. The summed E-state index contributed by atoms with van der Waals surface area (Å²) in [6.45, 7) is 4.07. The summed E-state index contributed by atoms with van der Waals surface area (Å²) in [6.07, 6.45) is 3.08. The van der Waals surface area contributed by atoms with Gasteiger partial charge in [-0.3, -0.25) is 4.79 Å². The summed E-state index contributed by atoms with van der Waals surface area (Å²) in [5.41, 5.74) is 3.59. The van der Waals surface area contributed by atoms with Crippen molar-refractivity contribution in [2.75, 3.05) is 6.26 Å². The normalized spacial score (nSPS) is 11.6. The fourth-order valence-corrected chi connectivity index (χ4v) is 4.26. The van der Waals surface area contributed by atoms with Gasteiger partial charge >= 0.3 is 0 Å². The molecule has 1 aromatic heterocycles. The molecular weight excluding hydrogens is 408 g/mol. The first-order chi connectivity index (χ1) is 14.1. The molecule has 0 aliphatic heterocycles. The third kappa shape index (κ3) is 5.02. The second-order valence-corrected chi connectivity index (χ2v) is 9.62. The molecule has 0 aliphatic rings. The maximum absolute atomic E-state index is 14.2. The quantitative estimate of drug-likeness (QED) is 0.586. The first kappa shape index (κ1) is 21.9. The van der Waals surface area contributed by atoms with Crippen LogP contribution in [-0.4, -0.2) is 19.2 Å². The lowest BCUT2D eigenvalue weighted by Gasteiger charge is -2.15. The van der Waals surface area contributed by atoms with E-state index in [1.165, 1.54) is 12.1 Å². The molecule has 0 saturated heterocycles. The summed E-state index contributed by atoms with van der Waals surface area (Å²) in [5, 5.41) is 0. The molecule has 2 aromatic carbocycles. The predicted molar refractivity (Wildman–Crippen MR) is 114 cm³/mol. The van der Waals surface area contributed by atoms with Crippen LogP contribution >= 0.6 is 0 Å². The molecule has 0 unspecified atom stereocenters. The van der Waals surface area contributed by atoms with Crippen LogP contribution in [-0.2, 0) is 28.6 Å². The van der Waals surface area contributed by atoms with E-state index in [0.29, 0.717) is 28.8 Å². The Morgan fingerprint density at radius 2 is 1.70 bits per heavy atom. The van der Waals surface area contributed by atoms with Gasteiger partial charge in [0.2, 0.25) is 0 Å². The van der Waals surface area contributed by atoms with Gasteiger partial charge in [0, 0.05) is 37.0 Å². The molecule has 3 rings (SSSR count). The number of hydrogen-bond acceptors (Lipinski definition) is 3. The first-order valence-electron chi connectivity index (χ1n) is 9.52. The first-order valence-corrected chi connectivity index (χ1v) is 11.6. The lowest BCUT2D eigenvalue weighted by atomic mass is 9.93. The molecule has 3 aromatic rings. The standard InChI is InChI=1S/C23H23F2NO3S/c1-4-26-13-19(9-15(2)23(26)27)21-10-16(14-30(3,28)29)5-6-17(21)11-18-7-8-20(24)12-22(18)25/h5-10,12-13H,4,11,14H2,1-3H3. The van der Waals surface area contributed by atoms with E-state index in [1.54, 1.807) is 42.0 Å². The molecule has 30 heavy (non-hydrogen) atoms. The van der Waals surface area contributed by atoms with Crippen molar-refractivity contribution in [2.24, 2.45) is 0 Å². The Hall–Kier alpha value is -2.80. The molecule has 0 atom stereocenters. The summed E-state index contributed by atoms with van der Waals surface area (Å²) in [4.78, 5) is 12.3. The number of pyridine rings is 1. The molecule has 0 spiro atoms. The minimum Gasteiger partial charge on any atom is -0.315 e.